The Morgan fingerprint density at radius 1 is 0.947 bits per heavy atom. The summed E-state index contributed by atoms with van der Waals surface area (Å²) in [7, 11) is 1.70. The number of piperazine rings is 1. The normalized spacial score (nSPS) is 19.2. The summed E-state index contributed by atoms with van der Waals surface area (Å²) in [4.78, 5) is 20.1. The maximum absolute atomic E-state index is 13.2. The molecule has 0 spiro atoms. The van der Waals surface area contributed by atoms with Gasteiger partial charge in [-0.25, -0.2) is 0 Å². The molecule has 0 aliphatic carbocycles. The van der Waals surface area contributed by atoms with Crippen molar-refractivity contribution in [3.8, 4) is 11.5 Å². The van der Waals surface area contributed by atoms with Crippen molar-refractivity contribution < 1.29 is 14.6 Å². The van der Waals surface area contributed by atoms with E-state index in [-0.39, 0.29) is 18.0 Å². The van der Waals surface area contributed by atoms with Crippen LogP contribution >= 0.6 is 0 Å². The van der Waals surface area contributed by atoms with E-state index in [0.29, 0.717) is 24.9 Å². The highest BCUT2D eigenvalue weighted by atomic mass is 16.5. The number of benzene rings is 3. The van der Waals surface area contributed by atoms with Crippen LogP contribution in [-0.4, -0.2) is 71.1 Å². The van der Waals surface area contributed by atoms with Gasteiger partial charge in [0.15, 0.2) is 0 Å². The second-order valence-corrected chi connectivity index (χ2v) is 10.3. The van der Waals surface area contributed by atoms with Crippen LogP contribution in [0.1, 0.15) is 60.8 Å². The van der Waals surface area contributed by atoms with E-state index in [4.69, 9.17) is 4.74 Å². The van der Waals surface area contributed by atoms with Crippen molar-refractivity contribution in [1.82, 2.24) is 14.7 Å². The molecule has 0 radical (unpaired) electrons. The number of nitrogens with zero attached hydrogens (tertiary/aromatic N) is 3. The first-order valence-corrected chi connectivity index (χ1v) is 13.6. The highest BCUT2D eigenvalue weighted by Crippen LogP contribution is 2.35. The van der Waals surface area contributed by atoms with Gasteiger partial charge in [0.25, 0.3) is 5.91 Å². The van der Waals surface area contributed by atoms with Gasteiger partial charge in [0.05, 0.1) is 13.2 Å². The Labute approximate surface area is 227 Å². The van der Waals surface area contributed by atoms with E-state index < -0.39 is 0 Å². The molecule has 0 aromatic heterocycles. The van der Waals surface area contributed by atoms with Gasteiger partial charge in [0.1, 0.15) is 11.5 Å². The van der Waals surface area contributed by atoms with Gasteiger partial charge in [0.2, 0.25) is 0 Å². The second-order valence-electron chi connectivity index (χ2n) is 10.3. The molecule has 1 aliphatic heterocycles. The maximum Gasteiger partial charge on any atom is 0.253 e. The van der Waals surface area contributed by atoms with Crippen molar-refractivity contribution >= 4 is 5.91 Å². The molecule has 3 atom stereocenters. The molecule has 38 heavy (non-hydrogen) atoms. The molecule has 3 aromatic rings. The van der Waals surface area contributed by atoms with Crippen molar-refractivity contribution in [3.63, 3.8) is 0 Å². The van der Waals surface area contributed by atoms with E-state index >= 15 is 0 Å². The first kappa shape index (κ1) is 27.7. The molecule has 1 saturated heterocycles. The molecule has 0 bridgehead atoms. The van der Waals surface area contributed by atoms with Crippen molar-refractivity contribution in [3.05, 3.63) is 95.1 Å². The van der Waals surface area contributed by atoms with Crippen LogP contribution < -0.4 is 4.74 Å². The van der Waals surface area contributed by atoms with E-state index in [9.17, 15) is 9.90 Å². The SMILES string of the molecule is CCN(CC)C(=O)c1cccc(C(c2cccc(OC)c2)N2C[C@@H](C)N(Cc3cccc(O)c3)C[C@@H]2C)c1. The zero-order valence-electron chi connectivity index (χ0n) is 23.3. The van der Waals surface area contributed by atoms with Crippen LogP contribution in [0.4, 0.5) is 0 Å². The average molecular weight is 516 g/mol. The summed E-state index contributed by atoms with van der Waals surface area (Å²) in [6, 6.07) is 24.5. The summed E-state index contributed by atoms with van der Waals surface area (Å²) >= 11 is 0. The van der Waals surface area contributed by atoms with E-state index in [1.165, 1.54) is 0 Å². The summed E-state index contributed by atoms with van der Waals surface area (Å²) in [5, 5.41) is 9.93. The third-order valence-corrected chi connectivity index (χ3v) is 7.70. The van der Waals surface area contributed by atoms with Crippen LogP contribution in [0.25, 0.3) is 0 Å². The van der Waals surface area contributed by atoms with Gasteiger partial charge in [-0.3, -0.25) is 14.6 Å². The largest absolute Gasteiger partial charge is 0.508 e. The Morgan fingerprint density at radius 3 is 2.32 bits per heavy atom. The van der Waals surface area contributed by atoms with Crippen molar-refractivity contribution in [2.75, 3.05) is 33.3 Å². The molecule has 1 N–H and O–H groups in total. The molecular formula is C32H41N3O3. The lowest BCUT2D eigenvalue weighted by Gasteiger charge is -2.47. The zero-order valence-corrected chi connectivity index (χ0v) is 23.3. The van der Waals surface area contributed by atoms with E-state index in [0.717, 1.165) is 47.6 Å². The van der Waals surface area contributed by atoms with Gasteiger partial charge < -0.3 is 14.7 Å². The minimum absolute atomic E-state index is 0.0186. The van der Waals surface area contributed by atoms with Gasteiger partial charge in [-0.05, 0) is 80.8 Å². The Bertz CT molecular complexity index is 1230. The molecule has 1 amide bonds. The molecular weight excluding hydrogens is 474 g/mol. The minimum atomic E-state index is -0.0186. The Kier molecular flexibility index (Phi) is 9.08. The van der Waals surface area contributed by atoms with Gasteiger partial charge in [-0.2, -0.15) is 0 Å². The summed E-state index contributed by atoms with van der Waals surface area (Å²) in [5.74, 6) is 1.20. The number of phenols is 1. The molecule has 0 saturated carbocycles. The monoisotopic (exact) mass is 515 g/mol. The molecule has 1 unspecified atom stereocenters. The molecule has 1 fully saturated rings. The predicted octanol–water partition coefficient (Wildman–Crippen LogP) is 5.57. The van der Waals surface area contributed by atoms with E-state index in [1.54, 1.807) is 13.2 Å². The average Bonchev–Trinajstić information content (AvgIpc) is 2.92. The smallest absolute Gasteiger partial charge is 0.253 e. The van der Waals surface area contributed by atoms with Gasteiger partial charge in [0, 0.05) is 50.4 Å². The minimum Gasteiger partial charge on any atom is -0.508 e. The molecule has 1 heterocycles. The fourth-order valence-corrected chi connectivity index (χ4v) is 5.62. The third-order valence-electron chi connectivity index (χ3n) is 7.70. The highest BCUT2D eigenvalue weighted by molar-refractivity contribution is 5.94. The highest BCUT2D eigenvalue weighted by Gasteiger charge is 2.35. The van der Waals surface area contributed by atoms with Crippen LogP contribution in [0.2, 0.25) is 0 Å². The number of amides is 1. The molecule has 202 valence electrons. The van der Waals surface area contributed by atoms with Crippen LogP contribution in [0.5, 0.6) is 11.5 Å². The van der Waals surface area contributed by atoms with Crippen LogP contribution in [0.3, 0.4) is 0 Å². The number of hydrogen-bond donors (Lipinski definition) is 1. The fraction of sp³-hybridized carbons (Fsp3) is 0.406. The molecule has 3 aromatic carbocycles. The summed E-state index contributed by atoms with van der Waals surface area (Å²) < 4.78 is 5.58. The number of hydrogen-bond acceptors (Lipinski definition) is 5. The van der Waals surface area contributed by atoms with E-state index in [2.05, 4.69) is 54.0 Å². The number of methoxy groups -OCH3 is 1. The summed E-state index contributed by atoms with van der Waals surface area (Å²) in [6.07, 6.45) is 0. The number of carbonyl (C=O) groups is 1. The quantitative estimate of drug-likeness (QED) is 0.404. The maximum atomic E-state index is 13.2. The fourth-order valence-electron chi connectivity index (χ4n) is 5.62. The molecule has 6 heteroatoms. The molecule has 6 nitrogen and oxygen atoms in total. The predicted molar refractivity (Wildman–Crippen MR) is 153 cm³/mol. The number of phenolic OH excluding ortho intramolecular Hbond substituents is 1. The summed E-state index contributed by atoms with van der Waals surface area (Å²) in [5.41, 5.74) is 4.10. The lowest BCUT2D eigenvalue weighted by Crippen LogP contribution is -2.56. The molecule has 1 aliphatic rings. The standard InChI is InChI=1S/C32H41N3O3/c1-6-33(7-2)32(37)28-14-9-12-26(18-28)31(27-13-10-16-30(19-27)38-5)35-21-23(3)34(20-24(35)4)22-25-11-8-15-29(36)17-25/h8-19,23-24,31,36H,6-7,20-22H2,1-5H3/t23-,24+,31?/m1/s1. The van der Waals surface area contributed by atoms with Crippen LogP contribution in [0, 0.1) is 0 Å². The zero-order chi connectivity index (χ0) is 27.2. The van der Waals surface area contributed by atoms with Crippen molar-refractivity contribution in [2.24, 2.45) is 0 Å². The first-order valence-electron chi connectivity index (χ1n) is 13.6. The Hall–Kier alpha value is -3.35. The Balaban J connectivity index is 1.67. The summed E-state index contributed by atoms with van der Waals surface area (Å²) in [6.45, 7) is 12.5. The number of rotatable bonds is 9. The first-order chi connectivity index (χ1) is 18.3. The van der Waals surface area contributed by atoms with Crippen LogP contribution in [0.15, 0.2) is 72.8 Å². The lowest BCUT2D eigenvalue weighted by molar-refractivity contribution is 0.0194. The number of aromatic hydroxyl groups is 1. The topological polar surface area (TPSA) is 56.2 Å². The van der Waals surface area contributed by atoms with Crippen molar-refractivity contribution in [1.29, 1.82) is 0 Å². The third kappa shape index (κ3) is 6.20. The lowest BCUT2D eigenvalue weighted by atomic mass is 9.92. The number of carbonyl (C=O) groups excluding carboxylic acids is 1. The Morgan fingerprint density at radius 2 is 1.63 bits per heavy atom. The second kappa shape index (κ2) is 12.5. The van der Waals surface area contributed by atoms with Crippen molar-refractivity contribution in [2.45, 2.75) is 52.4 Å². The van der Waals surface area contributed by atoms with E-state index in [1.807, 2.05) is 55.1 Å². The van der Waals surface area contributed by atoms with Gasteiger partial charge in [-0.15, -0.1) is 0 Å². The van der Waals surface area contributed by atoms with Gasteiger partial charge >= 0.3 is 0 Å². The van der Waals surface area contributed by atoms with Crippen LogP contribution in [-0.2, 0) is 6.54 Å². The molecule has 4 rings (SSSR count). The van der Waals surface area contributed by atoms with Gasteiger partial charge in [-0.1, -0.05) is 36.4 Å². The number of ether oxygens (including phenoxy) is 1.